The third kappa shape index (κ3) is 3.66. The van der Waals surface area contributed by atoms with Crippen LogP contribution in [0.25, 0.3) is 0 Å². The Morgan fingerprint density at radius 3 is 2.79 bits per heavy atom. The molecule has 1 aromatic rings. The van der Waals surface area contributed by atoms with Gasteiger partial charge in [-0.1, -0.05) is 11.6 Å². The van der Waals surface area contributed by atoms with E-state index in [1.807, 2.05) is 7.05 Å². The molecule has 2 heterocycles. The van der Waals surface area contributed by atoms with Gasteiger partial charge in [0.1, 0.15) is 0 Å². The van der Waals surface area contributed by atoms with E-state index < -0.39 is 10.0 Å². The third-order valence-electron chi connectivity index (χ3n) is 4.37. The van der Waals surface area contributed by atoms with Crippen LogP contribution in [0.3, 0.4) is 0 Å². The number of nitrogens with zero attached hydrogens (tertiary/aromatic N) is 2. The Labute approximate surface area is 146 Å². The van der Waals surface area contributed by atoms with Crippen LogP contribution in [0.5, 0.6) is 0 Å². The molecule has 1 amide bonds. The molecule has 7 nitrogen and oxygen atoms in total. The molecule has 0 aliphatic carbocycles. The third-order valence-corrected chi connectivity index (χ3v) is 5.20. The van der Waals surface area contributed by atoms with Gasteiger partial charge in [-0.3, -0.25) is 14.4 Å². The van der Waals surface area contributed by atoms with E-state index in [0.717, 1.165) is 12.8 Å². The van der Waals surface area contributed by atoms with E-state index in [2.05, 4.69) is 9.62 Å². The molecule has 9 heteroatoms. The number of morpholine rings is 1. The van der Waals surface area contributed by atoms with Gasteiger partial charge in [-0.15, -0.1) is 0 Å². The first-order chi connectivity index (χ1) is 11.2. The number of nitrogens with one attached hydrogen (secondary N) is 1. The summed E-state index contributed by atoms with van der Waals surface area (Å²) < 4.78 is 31.2. The van der Waals surface area contributed by atoms with Crippen LogP contribution in [0.1, 0.15) is 10.4 Å². The van der Waals surface area contributed by atoms with Crippen LogP contribution in [0, 0.1) is 0 Å². The van der Waals surface area contributed by atoms with Gasteiger partial charge in [0.2, 0.25) is 10.0 Å². The van der Waals surface area contributed by atoms with Crippen molar-refractivity contribution in [3.63, 3.8) is 0 Å². The molecule has 132 valence electrons. The highest BCUT2D eigenvalue weighted by Gasteiger charge is 2.41. The van der Waals surface area contributed by atoms with Gasteiger partial charge in [0, 0.05) is 24.7 Å². The molecule has 0 unspecified atom stereocenters. The number of rotatable bonds is 3. The number of carbonyl (C=O) groups is 1. The van der Waals surface area contributed by atoms with Gasteiger partial charge < -0.3 is 9.64 Å². The van der Waals surface area contributed by atoms with Gasteiger partial charge in [0.25, 0.3) is 5.91 Å². The van der Waals surface area contributed by atoms with E-state index in [1.165, 1.54) is 12.1 Å². The maximum atomic E-state index is 12.9. The second kappa shape index (κ2) is 6.51. The van der Waals surface area contributed by atoms with Crippen LogP contribution < -0.4 is 4.72 Å². The molecule has 2 atom stereocenters. The zero-order valence-corrected chi connectivity index (χ0v) is 15.1. The summed E-state index contributed by atoms with van der Waals surface area (Å²) in [6, 6.07) is 4.70. The van der Waals surface area contributed by atoms with Crippen molar-refractivity contribution in [2.24, 2.45) is 0 Å². The summed E-state index contributed by atoms with van der Waals surface area (Å²) in [6.07, 6.45) is 1.03. The van der Waals surface area contributed by atoms with E-state index in [1.54, 1.807) is 11.0 Å². The molecule has 1 N–H and O–H groups in total. The Morgan fingerprint density at radius 1 is 1.38 bits per heavy atom. The first-order valence-electron chi connectivity index (χ1n) is 7.63. The van der Waals surface area contributed by atoms with E-state index in [0.29, 0.717) is 24.7 Å². The first-order valence-corrected chi connectivity index (χ1v) is 9.90. The molecule has 3 rings (SSSR count). The SMILES string of the molecule is CN1CCO[C@@H]2CN(C(=O)c3cc(Cl)ccc3NS(C)(=O)=O)C[C@@H]21. The van der Waals surface area contributed by atoms with E-state index in [9.17, 15) is 13.2 Å². The monoisotopic (exact) mass is 373 g/mol. The van der Waals surface area contributed by atoms with Crippen molar-refractivity contribution >= 4 is 33.2 Å². The number of amides is 1. The van der Waals surface area contributed by atoms with Crippen LogP contribution >= 0.6 is 11.6 Å². The molecule has 0 radical (unpaired) electrons. The van der Waals surface area contributed by atoms with E-state index in [4.69, 9.17) is 16.3 Å². The lowest BCUT2D eigenvalue weighted by molar-refractivity contribution is -0.0368. The van der Waals surface area contributed by atoms with Gasteiger partial charge in [0.15, 0.2) is 0 Å². The highest BCUT2D eigenvalue weighted by atomic mass is 35.5. The molecular formula is C15H20ClN3O4S. The van der Waals surface area contributed by atoms with Gasteiger partial charge in [0.05, 0.1) is 36.3 Å². The van der Waals surface area contributed by atoms with Crippen LogP contribution in [0.2, 0.25) is 5.02 Å². The van der Waals surface area contributed by atoms with Gasteiger partial charge in [-0.05, 0) is 25.2 Å². The van der Waals surface area contributed by atoms with E-state index in [-0.39, 0.29) is 29.3 Å². The Hall–Kier alpha value is -1.35. The number of benzene rings is 1. The summed E-state index contributed by atoms with van der Waals surface area (Å²) in [6.45, 7) is 2.52. The number of hydrogen-bond donors (Lipinski definition) is 1. The summed E-state index contributed by atoms with van der Waals surface area (Å²) >= 11 is 6.00. The smallest absolute Gasteiger partial charge is 0.256 e. The zero-order chi connectivity index (χ0) is 17.5. The average Bonchev–Trinajstić information content (AvgIpc) is 2.92. The number of ether oxygens (including phenoxy) is 1. The predicted molar refractivity (Wildman–Crippen MR) is 92.0 cm³/mol. The zero-order valence-electron chi connectivity index (χ0n) is 13.5. The second-order valence-electron chi connectivity index (χ2n) is 6.23. The molecule has 0 saturated carbocycles. The minimum absolute atomic E-state index is 0.0156. The van der Waals surface area contributed by atoms with Crippen LogP contribution in [-0.4, -0.2) is 75.8 Å². The fourth-order valence-electron chi connectivity index (χ4n) is 3.18. The van der Waals surface area contributed by atoms with Crippen LogP contribution in [-0.2, 0) is 14.8 Å². The summed E-state index contributed by atoms with van der Waals surface area (Å²) in [5.41, 5.74) is 0.477. The number of anilines is 1. The Kier molecular flexibility index (Phi) is 4.74. The minimum atomic E-state index is -3.50. The van der Waals surface area contributed by atoms with Crippen molar-refractivity contribution in [1.82, 2.24) is 9.80 Å². The summed E-state index contributed by atoms with van der Waals surface area (Å²) in [5.74, 6) is -0.255. The summed E-state index contributed by atoms with van der Waals surface area (Å²) in [7, 11) is -1.48. The molecule has 2 fully saturated rings. The fourth-order valence-corrected chi connectivity index (χ4v) is 3.93. The van der Waals surface area contributed by atoms with Gasteiger partial charge in [-0.2, -0.15) is 0 Å². The molecular weight excluding hydrogens is 354 g/mol. The van der Waals surface area contributed by atoms with Gasteiger partial charge >= 0.3 is 0 Å². The minimum Gasteiger partial charge on any atom is -0.373 e. The van der Waals surface area contributed by atoms with Crippen molar-refractivity contribution in [1.29, 1.82) is 0 Å². The summed E-state index contributed by atoms with van der Waals surface area (Å²) in [5, 5.41) is 0.377. The van der Waals surface area contributed by atoms with Crippen molar-refractivity contribution in [3.05, 3.63) is 28.8 Å². The highest BCUT2D eigenvalue weighted by Crippen LogP contribution is 2.27. The lowest BCUT2D eigenvalue weighted by Gasteiger charge is -2.33. The standard InChI is InChI=1S/C15H20ClN3O4S/c1-18-5-6-23-14-9-19(8-13(14)18)15(20)11-7-10(16)3-4-12(11)17-24(2,21)22/h3-4,7,13-14,17H,5-6,8-9H2,1-2H3/t13-,14+/m0/s1. The maximum absolute atomic E-state index is 12.9. The van der Waals surface area contributed by atoms with Crippen LogP contribution in [0.15, 0.2) is 18.2 Å². The first kappa shape index (κ1) is 17.5. The number of hydrogen-bond acceptors (Lipinski definition) is 5. The average molecular weight is 374 g/mol. The fraction of sp³-hybridized carbons (Fsp3) is 0.533. The quantitative estimate of drug-likeness (QED) is 0.850. The van der Waals surface area contributed by atoms with Gasteiger partial charge in [-0.25, -0.2) is 8.42 Å². The summed E-state index contributed by atoms with van der Waals surface area (Å²) in [4.78, 5) is 16.8. The molecule has 2 aliphatic rings. The molecule has 0 bridgehead atoms. The van der Waals surface area contributed by atoms with Crippen molar-refractivity contribution in [2.45, 2.75) is 12.1 Å². The number of sulfonamides is 1. The number of fused-ring (bicyclic) bond motifs is 1. The highest BCUT2D eigenvalue weighted by molar-refractivity contribution is 7.92. The molecule has 24 heavy (non-hydrogen) atoms. The van der Waals surface area contributed by atoms with Crippen LogP contribution in [0.4, 0.5) is 5.69 Å². The Bertz CT molecular complexity index is 755. The maximum Gasteiger partial charge on any atom is 0.256 e. The second-order valence-corrected chi connectivity index (χ2v) is 8.42. The number of carbonyl (C=O) groups excluding carboxylic acids is 1. The number of halogens is 1. The lowest BCUT2D eigenvalue weighted by Crippen LogP contribution is -2.48. The number of likely N-dealkylation sites (N-methyl/N-ethyl adjacent to an activating group) is 1. The molecule has 1 aromatic carbocycles. The Balaban J connectivity index is 1.86. The largest absolute Gasteiger partial charge is 0.373 e. The molecule has 2 aliphatic heterocycles. The number of likely N-dealkylation sites (tertiary alicyclic amines) is 1. The van der Waals surface area contributed by atoms with E-state index >= 15 is 0 Å². The predicted octanol–water partition coefficient (Wildman–Crippen LogP) is 0.866. The topological polar surface area (TPSA) is 79.0 Å². The molecule has 0 aromatic heterocycles. The molecule has 0 spiro atoms. The molecule has 2 saturated heterocycles. The normalized spacial score (nSPS) is 24.7. The van der Waals surface area contributed by atoms with Crippen molar-refractivity contribution in [3.8, 4) is 0 Å². The Morgan fingerprint density at radius 2 is 2.12 bits per heavy atom. The lowest BCUT2D eigenvalue weighted by atomic mass is 10.1. The van der Waals surface area contributed by atoms with Crippen molar-refractivity contribution in [2.75, 3.05) is 44.3 Å². The van der Waals surface area contributed by atoms with Crippen molar-refractivity contribution < 1.29 is 17.9 Å².